The lowest BCUT2D eigenvalue weighted by atomic mass is 10.1. The molecule has 688 valence electrons. The molecule has 0 atom stereocenters. The van der Waals surface area contributed by atoms with Crippen molar-refractivity contribution in [2.75, 3.05) is 55.3 Å². The van der Waals surface area contributed by atoms with Crippen LogP contribution in [0.1, 0.15) is 156 Å². The number of carbonyl (C=O) groups is 8. The highest BCUT2D eigenvalue weighted by atomic mass is 32.3. The van der Waals surface area contributed by atoms with Gasteiger partial charge in [0.2, 0.25) is 5.91 Å². The van der Waals surface area contributed by atoms with E-state index in [1.807, 2.05) is 78.9 Å². The highest BCUT2D eigenvalue weighted by Crippen LogP contribution is 2.31. The number of phenols is 2. The van der Waals surface area contributed by atoms with E-state index < -0.39 is 40.2 Å². The lowest BCUT2D eigenvalue weighted by molar-refractivity contribution is -0.156. The number of nitrogen functional groups attached to an aromatic ring is 3. The summed E-state index contributed by atoms with van der Waals surface area (Å²) in [4.78, 5) is 165. The number of rotatable bonds is 15. The number of benzene rings is 5. The molecule has 0 aliphatic heterocycles. The number of hydrogen-bond donors (Lipinski definition) is 10. The Labute approximate surface area is 743 Å². The Balaban J connectivity index is -0.00000142. The normalized spacial score (nSPS) is 9.47. The number of nitrogens with two attached hydrogens (primary N) is 3. The zero-order valence-corrected chi connectivity index (χ0v) is 66.5. The van der Waals surface area contributed by atoms with Crippen molar-refractivity contribution in [2.45, 2.75) is 93.5 Å². The lowest BCUT2D eigenvalue weighted by Gasteiger charge is -2.11. The first-order valence-corrected chi connectivity index (χ1v) is 36.1. The number of carbonyl (C=O) groups excluding carboxylic acids is 7. The SMILES string of the molecule is C.C.C.C.C.C.C.CC(=O)OC(C)=O.CCOC(=O)c1cncnc1N.CCOC(=O)c1cncnc1NC(C)=O.COc1cccc(/C=C/c2nc3ncncc3c(=O)n2-c2ccccc2)c1O.COc1cccc(C=O)c1O.Cc1nc2ncncc2c(=O)n1-c1ccccc1.Nc1ncncc1C(=O)Nc1ccccc1.Nc1ncncc1C(=O)O.O=S(=O)(O)O. The average Bonchev–Trinajstić information content (AvgIpc) is 0.778. The van der Waals surface area contributed by atoms with Gasteiger partial charge in [-0.2, -0.15) is 8.42 Å². The maximum Gasteiger partial charge on any atom is 0.394 e. The van der Waals surface area contributed by atoms with Gasteiger partial charge in [0, 0.05) is 69.2 Å². The minimum absolute atomic E-state index is 0. The highest BCUT2D eigenvalue weighted by molar-refractivity contribution is 7.79. The number of methoxy groups -OCH3 is 2. The zero-order chi connectivity index (χ0) is 89.8. The largest absolute Gasteiger partial charge is 0.504 e. The van der Waals surface area contributed by atoms with Gasteiger partial charge in [-0.15, -0.1) is 0 Å². The van der Waals surface area contributed by atoms with Crippen LogP contribution < -0.4 is 48.4 Å². The lowest BCUT2D eigenvalue weighted by Crippen LogP contribution is -2.22. The smallest absolute Gasteiger partial charge is 0.394 e. The molecule has 0 saturated carbocycles. The molecule has 2 amide bonds. The number of aryl methyl sites for hydroxylation is 1. The number of nitrogens with one attached hydrogen (secondary N) is 2. The number of carboxylic acids is 1. The number of esters is 4. The number of anilines is 5. The molecule has 129 heavy (non-hydrogen) atoms. The predicted molar refractivity (Wildman–Crippen MR) is 487 cm³/mol. The Morgan fingerprint density at radius 2 is 0.853 bits per heavy atom. The molecule has 0 radical (unpaired) electrons. The van der Waals surface area contributed by atoms with Crippen molar-refractivity contribution in [3.8, 4) is 34.4 Å². The monoisotopic (exact) mass is 1800 g/mol. The summed E-state index contributed by atoms with van der Waals surface area (Å²) in [7, 11) is -1.75. The van der Waals surface area contributed by atoms with Gasteiger partial charge >= 0.3 is 40.2 Å². The summed E-state index contributed by atoms with van der Waals surface area (Å²) in [5, 5.41) is 33.8. The Hall–Kier alpha value is -16.8. The molecule has 44 heteroatoms. The molecule has 0 bridgehead atoms. The highest BCUT2D eigenvalue weighted by Gasteiger charge is 2.18. The van der Waals surface area contributed by atoms with Gasteiger partial charge < -0.3 is 66.8 Å². The molecule has 0 unspecified atom stereocenters. The van der Waals surface area contributed by atoms with E-state index in [2.05, 4.69) is 85.1 Å². The second-order valence-corrected chi connectivity index (χ2v) is 23.8. The molecular weight excluding hydrogens is 1700 g/mol. The van der Waals surface area contributed by atoms with Gasteiger partial charge in [-0.3, -0.25) is 51.8 Å². The van der Waals surface area contributed by atoms with Crippen molar-refractivity contribution >= 4 is 122 Å². The van der Waals surface area contributed by atoms with Gasteiger partial charge in [0.05, 0.1) is 44.4 Å². The second kappa shape index (κ2) is 59.9. The first kappa shape index (κ1) is 116. The van der Waals surface area contributed by atoms with Crippen LogP contribution in [0.25, 0.3) is 45.6 Å². The maximum atomic E-state index is 13.1. The fourth-order valence-electron chi connectivity index (χ4n) is 9.20. The van der Waals surface area contributed by atoms with Crippen LogP contribution in [-0.2, 0) is 39.0 Å². The first-order valence-electron chi connectivity index (χ1n) is 34.7. The summed E-state index contributed by atoms with van der Waals surface area (Å²) >= 11 is 0. The molecule has 8 aromatic heterocycles. The Kier molecular flexibility index (Phi) is 54.0. The molecule has 13 aromatic rings. The zero-order valence-electron chi connectivity index (χ0n) is 65.7. The van der Waals surface area contributed by atoms with E-state index in [1.54, 1.807) is 80.0 Å². The van der Waals surface area contributed by atoms with Gasteiger partial charge in [-0.1, -0.05) is 125 Å². The van der Waals surface area contributed by atoms with Crippen LogP contribution in [0.2, 0.25) is 0 Å². The van der Waals surface area contributed by atoms with E-state index >= 15 is 0 Å². The number of amides is 2. The van der Waals surface area contributed by atoms with Crippen molar-refractivity contribution in [3.05, 3.63) is 268 Å². The summed E-state index contributed by atoms with van der Waals surface area (Å²) in [5.74, 6) is -1.87. The molecule has 13 rings (SSSR count). The molecule has 8 heterocycles. The molecule has 43 nitrogen and oxygen atoms in total. The number of aromatic hydroxyl groups is 2. The van der Waals surface area contributed by atoms with Gasteiger partial charge in [0.15, 0.2) is 46.4 Å². The molecular formula is C85H105N21O22S. The number of aldehydes is 1. The molecule has 5 aromatic carbocycles. The minimum Gasteiger partial charge on any atom is -0.504 e. The predicted octanol–water partition coefficient (Wildman–Crippen LogP) is 11.6. The third-order valence-electron chi connectivity index (χ3n) is 14.4. The van der Waals surface area contributed by atoms with Gasteiger partial charge in [-0.25, -0.2) is 84.2 Å². The van der Waals surface area contributed by atoms with E-state index in [0.29, 0.717) is 75.0 Å². The number of ether oxygens (including phenoxy) is 5. The van der Waals surface area contributed by atoms with Crippen molar-refractivity contribution in [1.82, 2.24) is 78.9 Å². The van der Waals surface area contributed by atoms with Crippen LogP contribution in [-0.4, -0.2) is 187 Å². The Morgan fingerprint density at radius 3 is 1.26 bits per heavy atom. The van der Waals surface area contributed by atoms with Crippen molar-refractivity contribution in [3.63, 3.8) is 0 Å². The molecule has 13 N–H and O–H groups in total. The summed E-state index contributed by atoms with van der Waals surface area (Å²) in [6.45, 7) is 9.47. The van der Waals surface area contributed by atoms with Crippen LogP contribution in [0.5, 0.6) is 23.0 Å². The average molecular weight is 1800 g/mol. The van der Waals surface area contributed by atoms with Crippen molar-refractivity contribution in [2.24, 2.45) is 0 Å². The van der Waals surface area contributed by atoms with E-state index in [9.17, 15) is 58.2 Å². The summed E-state index contributed by atoms with van der Waals surface area (Å²) < 4.78 is 58.0. The Bertz CT molecular complexity index is 6010. The summed E-state index contributed by atoms with van der Waals surface area (Å²) in [6, 6.07) is 37.6. The molecule has 0 aliphatic carbocycles. The van der Waals surface area contributed by atoms with Crippen LogP contribution in [0.15, 0.2) is 212 Å². The van der Waals surface area contributed by atoms with Gasteiger partial charge in [0.25, 0.3) is 17.0 Å². The van der Waals surface area contributed by atoms with Crippen LogP contribution >= 0.6 is 0 Å². The maximum absolute atomic E-state index is 13.1. The molecule has 0 spiro atoms. The van der Waals surface area contributed by atoms with Gasteiger partial charge in [0.1, 0.15) is 100 Å². The topological polar surface area (TPSA) is 645 Å². The quantitative estimate of drug-likeness (QED) is 0.0150. The number of para-hydroxylation sites is 5. The summed E-state index contributed by atoms with van der Waals surface area (Å²) in [5.41, 5.74) is 20.0. The number of aromatic carboxylic acids is 1. The van der Waals surface area contributed by atoms with E-state index in [4.69, 9.17) is 58.8 Å². The number of phenolic OH excluding ortho intramolecular Hbond substituents is 2. The fourth-order valence-corrected chi connectivity index (χ4v) is 9.20. The van der Waals surface area contributed by atoms with Crippen LogP contribution in [0, 0.1) is 6.92 Å². The second-order valence-electron chi connectivity index (χ2n) is 22.9. The van der Waals surface area contributed by atoms with Crippen LogP contribution in [0.3, 0.4) is 0 Å². The van der Waals surface area contributed by atoms with Crippen molar-refractivity contribution < 1.29 is 94.9 Å². The minimum atomic E-state index is -4.67. The van der Waals surface area contributed by atoms with E-state index in [-0.39, 0.29) is 144 Å². The molecule has 0 aliphatic rings. The van der Waals surface area contributed by atoms with Crippen molar-refractivity contribution in [1.29, 1.82) is 0 Å². The van der Waals surface area contributed by atoms with Gasteiger partial charge in [-0.05, 0) is 87.5 Å². The standard InChI is InChI=1S/C21H16N4O3.C13H10N4O.C11H10N4O.C9H11N3O3.C8H8O3.C7H9N3O2.C5H5N3O2.C4H6O3.7CH4.H2O4S/c1-28-17-9-5-6-14(19(17)26)10-11-18-24-20-16(12-22-13-23-20)21(27)25(18)15-7-3-2-4-8-15;1-9-16-12-11(7-14-8-15-12)13(18)17(9)10-5-3-2-4-6-10;12-10-9(6-13-7-14-10)11(16)15-8-4-2-1-3-5-8;1-3-15-9(14)7-4-10-5-11-8(7)12-6(2)13;1-11-7-4-2-3-6(5-9)8(7)10;1-2-12-7(11)5-3-9-4-10-6(5)8;6-4-3(5(9)10)1-7-2-8-4;1-3(5)7-4(2)6;;;;;;;;1-5(2,3)4/h2-13,26H,1H3;2-8H,1H3;1-7H,(H,15,16)(H2,12,13,14);4-5H,3H2,1-2H3,(H,10,11,12,13);2-5,10H,1H3;3-4H,2H2,1H3,(H2,8,9,10);1-2H,(H,9,10)(H2,6,7,8);1-2H3;7*1H4;(H2,1,2,3,4)/b11-10+;;;;;;;;;;;;;;;. The summed E-state index contributed by atoms with van der Waals surface area (Å²) in [6.07, 6.45) is 19.8. The third kappa shape index (κ3) is 38.3. The number of carboxylic acid groups (broad SMARTS) is 1. The van der Waals surface area contributed by atoms with Crippen LogP contribution in [0.4, 0.5) is 29.0 Å². The Morgan fingerprint density at radius 1 is 0.473 bits per heavy atom. The molecule has 0 saturated heterocycles. The third-order valence-corrected chi connectivity index (χ3v) is 14.4. The fraction of sp³-hybridized carbons (Fsp3) is 0.200. The molecule has 0 fully saturated rings. The number of hydrogen-bond acceptors (Lipinski definition) is 36. The van der Waals surface area contributed by atoms with E-state index in [1.165, 1.54) is 115 Å². The number of fused-ring (bicyclic) bond motifs is 2. The van der Waals surface area contributed by atoms with E-state index in [0.717, 1.165) is 11.9 Å². The number of aromatic nitrogens is 16. The first-order chi connectivity index (χ1) is 58.3. The number of nitrogens with zero attached hydrogens (tertiary/aromatic N) is 16.